The number of nitrogens with zero attached hydrogens (tertiary/aromatic N) is 2. The number of nitro groups is 2. The van der Waals surface area contributed by atoms with Crippen LogP contribution in [0.1, 0.15) is 5.56 Å². The van der Waals surface area contributed by atoms with Crippen LogP contribution >= 0.6 is 0 Å². The average Bonchev–Trinajstić information content (AvgIpc) is 2.46. The van der Waals surface area contributed by atoms with E-state index in [2.05, 4.69) is 0 Å². The summed E-state index contributed by atoms with van der Waals surface area (Å²) in [5, 5.41) is 21.4. The summed E-state index contributed by atoms with van der Waals surface area (Å²) in [7, 11) is -4.27. The molecule has 0 aliphatic carbocycles. The normalized spacial score (nSPS) is 11.0. The van der Waals surface area contributed by atoms with Crippen LogP contribution in [0.5, 0.6) is 5.75 Å². The number of aryl methyl sites for hydroxylation is 1. The largest absolute Gasteiger partial charge is 0.379 e. The lowest BCUT2D eigenvalue weighted by Gasteiger charge is -2.07. The second-order valence-corrected chi connectivity index (χ2v) is 6.04. The summed E-state index contributed by atoms with van der Waals surface area (Å²) in [6, 6.07) is 7.89. The van der Waals surface area contributed by atoms with E-state index in [0.717, 1.165) is 24.3 Å². The first-order chi connectivity index (χ1) is 10.7. The molecule has 0 N–H and O–H groups in total. The second-order valence-electron chi connectivity index (χ2n) is 4.50. The van der Waals surface area contributed by atoms with Gasteiger partial charge >= 0.3 is 10.1 Å². The van der Waals surface area contributed by atoms with Gasteiger partial charge in [-0.05, 0) is 25.1 Å². The Labute approximate surface area is 130 Å². The smallest absolute Gasteiger partial charge is 0.339 e. The summed E-state index contributed by atoms with van der Waals surface area (Å²) >= 11 is 0. The molecule has 0 fully saturated rings. The number of hydrogen-bond acceptors (Lipinski definition) is 7. The molecule has 0 amide bonds. The molecule has 0 spiro atoms. The van der Waals surface area contributed by atoms with Gasteiger partial charge < -0.3 is 4.18 Å². The topological polar surface area (TPSA) is 130 Å². The maximum atomic E-state index is 12.2. The first-order valence-corrected chi connectivity index (χ1v) is 7.55. The summed E-state index contributed by atoms with van der Waals surface area (Å²) < 4.78 is 29.1. The number of hydrogen-bond donors (Lipinski definition) is 0. The van der Waals surface area contributed by atoms with Crippen molar-refractivity contribution >= 4 is 21.5 Å². The minimum Gasteiger partial charge on any atom is -0.379 e. The van der Waals surface area contributed by atoms with Crippen LogP contribution in [0.4, 0.5) is 11.4 Å². The molecule has 0 bridgehead atoms. The van der Waals surface area contributed by atoms with Crippen molar-refractivity contribution in [3.63, 3.8) is 0 Å². The van der Waals surface area contributed by atoms with Gasteiger partial charge in [0.05, 0.1) is 15.9 Å². The van der Waals surface area contributed by atoms with Gasteiger partial charge in [-0.15, -0.1) is 0 Å². The Hall–Kier alpha value is -3.01. The number of rotatable bonds is 5. The molecular formula is C13H10N2O7S. The van der Waals surface area contributed by atoms with Gasteiger partial charge in [0.15, 0.2) is 0 Å². The first-order valence-electron chi connectivity index (χ1n) is 6.15. The highest BCUT2D eigenvalue weighted by atomic mass is 32.2. The highest BCUT2D eigenvalue weighted by Crippen LogP contribution is 2.26. The van der Waals surface area contributed by atoms with Gasteiger partial charge in [0.25, 0.3) is 11.4 Å². The van der Waals surface area contributed by atoms with E-state index in [4.69, 9.17) is 4.18 Å². The zero-order valence-corrected chi connectivity index (χ0v) is 12.5. The Kier molecular flexibility index (Phi) is 4.27. The SMILES string of the molecule is Cc1cc(S(=O)(=O)Oc2cccc([N+](=O)[O-])c2)ccc1[N+](=O)[O-]. The zero-order valence-electron chi connectivity index (χ0n) is 11.7. The van der Waals surface area contributed by atoms with Gasteiger partial charge in [-0.3, -0.25) is 20.2 Å². The molecule has 0 radical (unpaired) electrons. The highest BCUT2D eigenvalue weighted by molar-refractivity contribution is 7.87. The van der Waals surface area contributed by atoms with E-state index in [-0.39, 0.29) is 27.6 Å². The minimum atomic E-state index is -4.27. The van der Waals surface area contributed by atoms with E-state index in [1.807, 2.05) is 0 Å². The number of non-ortho nitro benzene ring substituents is 1. The summed E-state index contributed by atoms with van der Waals surface area (Å²) in [4.78, 5) is 19.8. The van der Waals surface area contributed by atoms with Crippen LogP contribution in [-0.2, 0) is 10.1 Å². The van der Waals surface area contributed by atoms with Crippen molar-refractivity contribution in [3.8, 4) is 5.75 Å². The number of benzene rings is 2. The lowest BCUT2D eigenvalue weighted by Crippen LogP contribution is -2.10. The third kappa shape index (κ3) is 3.61. The maximum Gasteiger partial charge on any atom is 0.339 e. The predicted octanol–water partition coefficient (Wildman–Crippen LogP) is 2.58. The Morgan fingerprint density at radius 1 is 1.00 bits per heavy atom. The molecule has 0 saturated heterocycles. The van der Waals surface area contributed by atoms with Gasteiger partial charge in [0.1, 0.15) is 10.6 Å². The Morgan fingerprint density at radius 2 is 1.70 bits per heavy atom. The van der Waals surface area contributed by atoms with E-state index >= 15 is 0 Å². The molecular weight excluding hydrogens is 328 g/mol. The Balaban J connectivity index is 2.36. The van der Waals surface area contributed by atoms with Crippen molar-refractivity contribution in [1.29, 1.82) is 0 Å². The van der Waals surface area contributed by atoms with Crippen LogP contribution in [0.2, 0.25) is 0 Å². The second kappa shape index (κ2) is 6.01. The van der Waals surface area contributed by atoms with Crippen LogP contribution in [0.3, 0.4) is 0 Å². The van der Waals surface area contributed by atoms with E-state index in [9.17, 15) is 28.6 Å². The van der Waals surface area contributed by atoms with Crippen LogP contribution in [0, 0.1) is 27.2 Å². The van der Waals surface area contributed by atoms with E-state index in [1.54, 1.807) is 0 Å². The molecule has 120 valence electrons. The molecule has 10 heteroatoms. The van der Waals surface area contributed by atoms with Crippen molar-refractivity contribution in [2.75, 3.05) is 0 Å². The maximum absolute atomic E-state index is 12.2. The molecule has 2 aromatic carbocycles. The van der Waals surface area contributed by atoms with Crippen LogP contribution in [0.15, 0.2) is 47.4 Å². The van der Waals surface area contributed by atoms with Gasteiger partial charge in [-0.2, -0.15) is 8.42 Å². The van der Waals surface area contributed by atoms with Gasteiger partial charge in [0, 0.05) is 17.7 Å². The molecule has 0 aromatic heterocycles. The zero-order chi connectivity index (χ0) is 17.2. The minimum absolute atomic E-state index is 0.152. The summed E-state index contributed by atoms with van der Waals surface area (Å²) in [6.07, 6.45) is 0. The van der Waals surface area contributed by atoms with Crippen molar-refractivity contribution in [3.05, 3.63) is 68.3 Å². The van der Waals surface area contributed by atoms with Crippen molar-refractivity contribution in [2.24, 2.45) is 0 Å². The lowest BCUT2D eigenvalue weighted by molar-refractivity contribution is -0.385. The van der Waals surface area contributed by atoms with E-state index in [1.165, 1.54) is 25.1 Å². The van der Waals surface area contributed by atoms with Gasteiger partial charge in [-0.1, -0.05) is 6.07 Å². The Bertz CT molecular complexity index is 893. The third-order valence-electron chi connectivity index (χ3n) is 2.89. The standard InChI is InChI=1S/C13H10N2O7S/c1-9-7-12(5-6-13(9)15(18)19)23(20,21)22-11-4-2-3-10(8-11)14(16)17/h2-8H,1H3. The third-order valence-corrected chi connectivity index (χ3v) is 4.13. The van der Waals surface area contributed by atoms with Crippen molar-refractivity contribution in [1.82, 2.24) is 0 Å². The molecule has 9 nitrogen and oxygen atoms in total. The lowest BCUT2D eigenvalue weighted by atomic mass is 10.2. The fourth-order valence-electron chi connectivity index (χ4n) is 1.81. The fraction of sp³-hybridized carbons (Fsp3) is 0.0769. The average molecular weight is 338 g/mol. The van der Waals surface area contributed by atoms with E-state index in [0.29, 0.717) is 0 Å². The molecule has 23 heavy (non-hydrogen) atoms. The molecule has 0 heterocycles. The molecule has 0 atom stereocenters. The predicted molar refractivity (Wildman–Crippen MR) is 78.7 cm³/mol. The number of nitro benzene ring substituents is 2. The molecule has 0 aliphatic heterocycles. The van der Waals surface area contributed by atoms with Crippen molar-refractivity contribution in [2.45, 2.75) is 11.8 Å². The van der Waals surface area contributed by atoms with Gasteiger partial charge in [-0.25, -0.2) is 0 Å². The van der Waals surface area contributed by atoms with Crippen LogP contribution in [0.25, 0.3) is 0 Å². The molecule has 0 unspecified atom stereocenters. The quantitative estimate of drug-likeness (QED) is 0.465. The fourth-order valence-corrected chi connectivity index (χ4v) is 2.82. The van der Waals surface area contributed by atoms with Crippen molar-refractivity contribution < 1.29 is 22.4 Å². The molecule has 0 aliphatic rings. The summed E-state index contributed by atoms with van der Waals surface area (Å²) in [6.45, 7) is 1.39. The molecule has 2 aromatic rings. The summed E-state index contributed by atoms with van der Waals surface area (Å²) in [5.41, 5.74) is -0.393. The van der Waals surface area contributed by atoms with Crippen LogP contribution in [-0.4, -0.2) is 18.3 Å². The monoisotopic (exact) mass is 338 g/mol. The Morgan fingerprint density at radius 3 is 2.26 bits per heavy atom. The highest BCUT2D eigenvalue weighted by Gasteiger charge is 2.21. The molecule has 2 rings (SSSR count). The van der Waals surface area contributed by atoms with Gasteiger partial charge in [0.2, 0.25) is 0 Å². The molecule has 0 saturated carbocycles. The van der Waals surface area contributed by atoms with E-state index < -0.39 is 20.0 Å². The van der Waals surface area contributed by atoms with Crippen LogP contribution < -0.4 is 4.18 Å². The summed E-state index contributed by atoms with van der Waals surface area (Å²) in [5.74, 6) is -0.227. The first kappa shape index (κ1) is 16.4.